The molecule has 13 heavy (non-hydrogen) atoms. The molecule has 0 atom stereocenters. The highest BCUT2D eigenvalue weighted by molar-refractivity contribution is 5.85. The van der Waals surface area contributed by atoms with Gasteiger partial charge in [0.2, 0.25) is 0 Å². The topological polar surface area (TPSA) is 88.2 Å². The van der Waals surface area contributed by atoms with Gasteiger partial charge in [-0.3, -0.25) is 0 Å². The molecular weight excluding hydrogens is 188 g/mol. The second-order valence-electron chi connectivity index (χ2n) is 2.20. The van der Waals surface area contributed by atoms with Crippen LogP contribution in [0.3, 0.4) is 0 Å². The number of aliphatic imine (C=N–C) groups is 1. The van der Waals surface area contributed by atoms with Crippen molar-refractivity contribution in [2.24, 2.45) is 16.5 Å². The van der Waals surface area contributed by atoms with E-state index in [2.05, 4.69) is 4.99 Å². The fourth-order valence-electron chi connectivity index (χ4n) is 0.794. The normalized spacial score (nSPS) is 7.92. The van der Waals surface area contributed by atoms with Crippen LogP contribution in [0.4, 0.5) is 5.69 Å². The van der Waals surface area contributed by atoms with E-state index in [1.54, 1.807) is 24.3 Å². The maximum Gasteiger partial charge on any atom is 0.191 e. The summed E-state index contributed by atoms with van der Waals surface area (Å²) in [7, 11) is 0. The van der Waals surface area contributed by atoms with Crippen molar-refractivity contribution in [3.63, 3.8) is 0 Å². The molecule has 4 N–H and O–H groups in total. The van der Waals surface area contributed by atoms with Crippen LogP contribution < -0.4 is 11.5 Å². The zero-order valence-electron chi connectivity index (χ0n) is 6.77. The lowest BCUT2D eigenvalue weighted by Gasteiger charge is -1.94. The minimum Gasteiger partial charge on any atom is -0.370 e. The lowest BCUT2D eigenvalue weighted by molar-refractivity contribution is 1.41. The third-order valence-corrected chi connectivity index (χ3v) is 1.23. The summed E-state index contributed by atoms with van der Waals surface area (Å²) in [6.07, 6.45) is 0. The standard InChI is InChI=1S/C8H8N4.ClH/c9-5-6-2-1-3-7(4-6)12-8(10)11;/h1-4H,(H4,10,11,12);1H. The Labute approximate surface area is 82.3 Å². The molecule has 0 bridgehead atoms. The van der Waals surface area contributed by atoms with Crippen molar-refractivity contribution in [3.05, 3.63) is 29.8 Å². The highest BCUT2D eigenvalue weighted by Gasteiger charge is 1.92. The molecule has 0 aliphatic carbocycles. The molecule has 5 heteroatoms. The van der Waals surface area contributed by atoms with Crippen LogP contribution in [-0.2, 0) is 0 Å². The van der Waals surface area contributed by atoms with Crippen LogP contribution in [0.5, 0.6) is 0 Å². The largest absolute Gasteiger partial charge is 0.370 e. The summed E-state index contributed by atoms with van der Waals surface area (Å²) in [5, 5.41) is 8.54. The number of guanidine groups is 1. The van der Waals surface area contributed by atoms with Gasteiger partial charge in [-0.2, -0.15) is 5.26 Å². The predicted octanol–water partition coefficient (Wildman–Crippen LogP) is 0.885. The summed E-state index contributed by atoms with van der Waals surface area (Å²) in [5.41, 5.74) is 11.5. The van der Waals surface area contributed by atoms with Gasteiger partial charge in [-0.15, -0.1) is 12.4 Å². The highest BCUT2D eigenvalue weighted by Crippen LogP contribution is 2.12. The van der Waals surface area contributed by atoms with E-state index in [4.69, 9.17) is 16.7 Å². The van der Waals surface area contributed by atoms with Crippen molar-refractivity contribution in [3.8, 4) is 6.07 Å². The van der Waals surface area contributed by atoms with Crippen LogP contribution in [0.2, 0.25) is 0 Å². The van der Waals surface area contributed by atoms with E-state index in [0.717, 1.165) is 0 Å². The van der Waals surface area contributed by atoms with Crippen LogP contribution in [-0.4, -0.2) is 5.96 Å². The molecule has 0 spiro atoms. The molecule has 0 saturated carbocycles. The second kappa shape index (κ2) is 5.01. The summed E-state index contributed by atoms with van der Waals surface area (Å²) in [5.74, 6) is -0.00918. The summed E-state index contributed by atoms with van der Waals surface area (Å²) in [4.78, 5) is 3.79. The van der Waals surface area contributed by atoms with Gasteiger partial charge in [0.25, 0.3) is 0 Å². The van der Waals surface area contributed by atoms with E-state index in [-0.39, 0.29) is 18.4 Å². The van der Waals surface area contributed by atoms with Gasteiger partial charge in [0.05, 0.1) is 17.3 Å². The maximum absolute atomic E-state index is 8.54. The lowest BCUT2D eigenvalue weighted by atomic mass is 10.2. The summed E-state index contributed by atoms with van der Waals surface area (Å²) in [6.45, 7) is 0. The Hall–Kier alpha value is -1.73. The van der Waals surface area contributed by atoms with Crippen LogP contribution in [0.25, 0.3) is 0 Å². The Morgan fingerprint density at radius 3 is 2.62 bits per heavy atom. The van der Waals surface area contributed by atoms with E-state index in [1.165, 1.54) is 0 Å². The number of nitrogens with two attached hydrogens (primary N) is 2. The molecule has 0 aromatic heterocycles. The Bertz CT molecular complexity index is 349. The van der Waals surface area contributed by atoms with Gasteiger partial charge < -0.3 is 11.5 Å². The van der Waals surface area contributed by atoms with Gasteiger partial charge >= 0.3 is 0 Å². The molecule has 0 radical (unpaired) electrons. The monoisotopic (exact) mass is 196 g/mol. The first kappa shape index (κ1) is 11.3. The Morgan fingerprint density at radius 2 is 2.08 bits per heavy atom. The summed E-state index contributed by atoms with van der Waals surface area (Å²) in [6, 6.07) is 8.73. The average molecular weight is 197 g/mol. The van der Waals surface area contributed by atoms with Gasteiger partial charge in [-0.05, 0) is 18.2 Å². The maximum atomic E-state index is 8.54. The number of nitriles is 1. The molecule has 0 aliphatic rings. The molecule has 68 valence electrons. The molecule has 1 aromatic carbocycles. The molecule has 1 rings (SSSR count). The molecule has 0 fully saturated rings. The number of hydrogen-bond donors (Lipinski definition) is 2. The first-order valence-electron chi connectivity index (χ1n) is 3.32. The third-order valence-electron chi connectivity index (χ3n) is 1.23. The van der Waals surface area contributed by atoms with Crippen molar-refractivity contribution in [2.45, 2.75) is 0 Å². The zero-order chi connectivity index (χ0) is 8.97. The van der Waals surface area contributed by atoms with E-state index >= 15 is 0 Å². The first-order valence-corrected chi connectivity index (χ1v) is 3.32. The molecule has 0 heterocycles. The van der Waals surface area contributed by atoms with Gasteiger partial charge in [0, 0.05) is 0 Å². The zero-order valence-corrected chi connectivity index (χ0v) is 7.58. The van der Waals surface area contributed by atoms with Crippen LogP contribution >= 0.6 is 12.4 Å². The average Bonchev–Trinajstić information content (AvgIpc) is 2.03. The lowest BCUT2D eigenvalue weighted by Crippen LogP contribution is -2.21. The van der Waals surface area contributed by atoms with Crippen LogP contribution in [0.1, 0.15) is 5.56 Å². The van der Waals surface area contributed by atoms with Crippen molar-refractivity contribution >= 4 is 24.1 Å². The van der Waals surface area contributed by atoms with Gasteiger partial charge in [0.1, 0.15) is 0 Å². The first-order chi connectivity index (χ1) is 5.72. The molecule has 0 unspecified atom stereocenters. The minimum absolute atomic E-state index is 0. The fraction of sp³-hybridized carbons (Fsp3) is 0. The SMILES string of the molecule is Cl.N#Cc1cccc(N=C(N)N)c1. The number of rotatable bonds is 1. The van der Waals surface area contributed by atoms with E-state index < -0.39 is 0 Å². The minimum atomic E-state index is -0.00918. The number of hydrogen-bond acceptors (Lipinski definition) is 2. The molecule has 0 amide bonds. The number of nitrogens with zero attached hydrogens (tertiary/aromatic N) is 2. The molecule has 0 saturated heterocycles. The van der Waals surface area contributed by atoms with Crippen LogP contribution in [0, 0.1) is 11.3 Å². The second-order valence-corrected chi connectivity index (χ2v) is 2.20. The summed E-state index contributed by atoms with van der Waals surface area (Å²) < 4.78 is 0. The quantitative estimate of drug-likeness (QED) is 0.516. The smallest absolute Gasteiger partial charge is 0.191 e. The van der Waals surface area contributed by atoms with E-state index in [0.29, 0.717) is 11.3 Å². The van der Waals surface area contributed by atoms with Gasteiger partial charge in [-0.1, -0.05) is 6.07 Å². The Balaban J connectivity index is 0.00000144. The van der Waals surface area contributed by atoms with Crippen molar-refractivity contribution < 1.29 is 0 Å². The van der Waals surface area contributed by atoms with Crippen molar-refractivity contribution in [1.29, 1.82) is 5.26 Å². The van der Waals surface area contributed by atoms with Gasteiger partial charge in [0.15, 0.2) is 5.96 Å². The Morgan fingerprint density at radius 1 is 1.38 bits per heavy atom. The highest BCUT2D eigenvalue weighted by atomic mass is 35.5. The molecule has 1 aromatic rings. The molecular formula is C8H9ClN4. The van der Waals surface area contributed by atoms with Crippen molar-refractivity contribution in [1.82, 2.24) is 0 Å². The predicted molar refractivity (Wildman–Crippen MR) is 53.9 cm³/mol. The number of halogens is 1. The third kappa shape index (κ3) is 3.45. The van der Waals surface area contributed by atoms with E-state index in [9.17, 15) is 0 Å². The van der Waals surface area contributed by atoms with Crippen molar-refractivity contribution in [2.75, 3.05) is 0 Å². The molecule has 0 aliphatic heterocycles. The Kier molecular flexibility index (Phi) is 4.34. The van der Waals surface area contributed by atoms with E-state index in [1.807, 2.05) is 6.07 Å². The summed E-state index contributed by atoms with van der Waals surface area (Å²) >= 11 is 0. The van der Waals surface area contributed by atoms with Crippen LogP contribution in [0.15, 0.2) is 29.3 Å². The number of benzene rings is 1. The van der Waals surface area contributed by atoms with Gasteiger partial charge in [-0.25, -0.2) is 4.99 Å². The fourth-order valence-corrected chi connectivity index (χ4v) is 0.794. The molecule has 4 nitrogen and oxygen atoms in total.